The first-order chi connectivity index (χ1) is 10.0. The van der Waals surface area contributed by atoms with E-state index in [0.29, 0.717) is 12.4 Å². The summed E-state index contributed by atoms with van der Waals surface area (Å²) < 4.78 is 7.65. The lowest BCUT2D eigenvalue weighted by atomic mass is 10.0. The molecule has 0 amide bonds. The van der Waals surface area contributed by atoms with E-state index in [9.17, 15) is 0 Å². The van der Waals surface area contributed by atoms with Crippen molar-refractivity contribution in [2.75, 3.05) is 19.0 Å². The number of aryl methyl sites for hydroxylation is 1. The molecule has 0 spiro atoms. The van der Waals surface area contributed by atoms with Crippen molar-refractivity contribution in [3.63, 3.8) is 0 Å². The minimum atomic E-state index is -0.488. The quantitative estimate of drug-likeness (QED) is 0.885. The van der Waals surface area contributed by atoms with Gasteiger partial charge in [-0.3, -0.25) is 4.68 Å². The maximum Gasteiger partial charge on any atom is 0.162 e. The van der Waals surface area contributed by atoms with Crippen molar-refractivity contribution in [1.29, 1.82) is 0 Å². The Morgan fingerprint density at radius 1 is 1.33 bits per heavy atom. The van der Waals surface area contributed by atoms with Crippen molar-refractivity contribution >= 4 is 5.82 Å². The predicted molar refractivity (Wildman–Crippen MR) is 83.0 cm³/mol. The molecule has 6 nitrogen and oxygen atoms in total. The Morgan fingerprint density at radius 2 is 2.10 bits per heavy atom. The number of hydrogen-bond donors (Lipinski definition) is 1. The molecule has 2 heterocycles. The molecule has 0 aromatic carbocycles. The fourth-order valence-corrected chi connectivity index (χ4v) is 2.16. The summed E-state index contributed by atoms with van der Waals surface area (Å²) in [7, 11) is 3.74. The van der Waals surface area contributed by atoms with E-state index in [1.54, 1.807) is 10.9 Å². The number of nitrogens with one attached hydrogen (secondary N) is 1. The van der Waals surface area contributed by atoms with Gasteiger partial charge in [-0.25, -0.2) is 9.97 Å². The van der Waals surface area contributed by atoms with Crippen LogP contribution in [0.3, 0.4) is 0 Å². The van der Waals surface area contributed by atoms with Gasteiger partial charge in [0.05, 0.1) is 11.9 Å². The third kappa shape index (κ3) is 3.21. The highest BCUT2D eigenvalue weighted by molar-refractivity contribution is 5.61. The Morgan fingerprint density at radius 3 is 2.62 bits per heavy atom. The molecule has 2 aromatic rings. The van der Waals surface area contributed by atoms with Crippen LogP contribution in [-0.4, -0.2) is 33.4 Å². The normalized spacial score (nSPS) is 14.0. The van der Waals surface area contributed by atoms with E-state index < -0.39 is 5.60 Å². The molecule has 0 aliphatic rings. The van der Waals surface area contributed by atoms with Crippen molar-refractivity contribution in [3.8, 4) is 11.3 Å². The maximum absolute atomic E-state index is 5.89. The molecule has 1 unspecified atom stereocenters. The SMILES string of the molecule is CCOC(C)(CC)c1nc(NC)cc(-c2cnn(C)c2)n1. The van der Waals surface area contributed by atoms with Gasteiger partial charge in [-0.1, -0.05) is 6.92 Å². The summed E-state index contributed by atoms with van der Waals surface area (Å²) in [5.74, 6) is 1.47. The van der Waals surface area contributed by atoms with Crippen LogP contribution in [0.15, 0.2) is 18.5 Å². The van der Waals surface area contributed by atoms with Crippen LogP contribution >= 0.6 is 0 Å². The van der Waals surface area contributed by atoms with Gasteiger partial charge in [-0.05, 0) is 20.3 Å². The molecule has 0 aliphatic carbocycles. The van der Waals surface area contributed by atoms with Crippen LogP contribution in [0.25, 0.3) is 11.3 Å². The van der Waals surface area contributed by atoms with E-state index in [2.05, 4.69) is 22.3 Å². The molecule has 0 fully saturated rings. The average molecular weight is 289 g/mol. The fraction of sp³-hybridized carbons (Fsp3) is 0.533. The van der Waals surface area contributed by atoms with Crippen LogP contribution < -0.4 is 5.32 Å². The number of hydrogen-bond acceptors (Lipinski definition) is 5. The van der Waals surface area contributed by atoms with Gasteiger partial charge in [0.25, 0.3) is 0 Å². The summed E-state index contributed by atoms with van der Waals surface area (Å²) in [4.78, 5) is 9.27. The summed E-state index contributed by atoms with van der Waals surface area (Å²) in [6.45, 7) is 6.71. The molecular formula is C15H23N5O. The minimum absolute atomic E-state index is 0.488. The molecule has 6 heteroatoms. The molecule has 0 bridgehead atoms. The standard InChI is InChI=1S/C15H23N5O/c1-6-15(3,21-7-2)14-18-12(8-13(16-4)19-14)11-9-17-20(5)10-11/h8-10H,6-7H2,1-5H3,(H,16,18,19). The fourth-order valence-electron chi connectivity index (χ4n) is 2.16. The third-order valence-corrected chi connectivity index (χ3v) is 3.59. The van der Waals surface area contributed by atoms with Gasteiger partial charge in [-0.15, -0.1) is 0 Å². The van der Waals surface area contributed by atoms with Crippen molar-refractivity contribution in [2.45, 2.75) is 32.8 Å². The van der Waals surface area contributed by atoms with Crippen LogP contribution in [0.5, 0.6) is 0 Å². The highest BCUT2D eigenvalue weighted by atomic mass is 16.5. The lowest BCUT2D eigenvalue weighted by Gasteiger charge is -2.27. The van der Waals surface area contributed by atoms with E-state index in [0.717, 1.165) is 23.5 Å². The molecular weight excluding hydrogens is 266 g/mol. The van der Waals surface area contributed by atoms with Crippen LogP contribution in [0, 0.1) is 0 Å². The molecule has 0 aliphatic heterocycles. The monoisotopic (exact) mass is 289 g/mol. The lowest BCUT2D eigenvalue weighted by Crippen LogP contribution is -2.28. The topological polar surface area (TPSA) is 64.9 Å². The van der Waals surface area contributed by atoms with Gasteiger partial charge in [-0.2, -0.15) is 5.10 Å². The molecule has 2 aromatic heterocycles. The predicted octanol–water partition coefficient (Wildman–Crippen LogP) is 2.58. The van der Waals surface area contributed by atoms with Crippen LogP contribution in [0.4, 0.5) is 5.82 Å². The largest absolute Gasteiger partial charge is 0.373 e. The van der Waals surface area contributed by atoms with Gasteiger partial charge in [0.2, 0.25) is 0 Å². The summed E-state index contributed by atoms with van der Waals surface area (Å²) in [5.41, 5.74) is 1.32. The van der Waals surface area contributed by atoms with Gasteiger partial charge in [0, 0.05) is 38.5 Å². The van der Waals surface area contributed by atoms with E-state index in [-0.39, 0.29) is 0 Å². The van der Waals surface area contributed by atoms with Gasteiger partial charge >= 0.3 is 0 Å². The zero-order chi connectivity index (χ0) is 15.5. The third-order valence-electron chi connectivity index (χ3n) is 3.59. The Kier molecular flexibility index (Phi) is 4.57. The van der Waals surface area contributed by atoms with Crippen molar-refractivity contribution in [1.82, 2.24) is 19.7 Å². The molecule has 1 N–H and O–H groups in total. The highest BCUT2D eigenvalue weighted by Crippen LogP contribution is 2.29. The van der Waals surface area contributed by atoms with Gasteiger partial charge in [0.1, 0.15) is 11.4 Å². The van der Waals surface area contributed by atoms with Crippen molar-refractivity contribution < 1.29 is 4.74 Å². The number of rotatable bonds is 6. The van der Waals surface area contributed by atoms with E-state index in [1.165, 1.54) is 0 Å². The van der Waals surface area contributed by atoms with Gasteiger partial charge < -0.3 is 10.1 Å². The molecule has 0 radical (unpaired) electrons. The highest BCUT2D eigenvalue weighted by Gasteiger charge is 2.29. The smallest absolute Gasteiger partial charge is 0.162 e. The zero-order valence-corrected chi connectivity index (χ0v) is 13.3. The van der Waals surface area contributed by atoms with E-state index in [4.69, 9.17) is 9.72 Å². The van der Waals surface area contributed by atoms with Crippen LogP contribution in [-0.2, 0) is 17.4 Å². The molecule has 2 rings (SSSR count). The second kappa shape index (κ2) is 6.22. The second-order valence-electron chi connectivity index (χ2n) is 5.13. The number of nitrogens with zero attached hydrogens (tertiary/aromatic N) is 4. The van der Waals surface area contributed by atoms with E-state index >= 15 is 0 Å². The number of anilines is 1. The van der Waals surface area contributed by atoms with Gasteiger partial charge in [0.15, 0.2) is 5.82 Å². The second-order valence-corrected chi connectivity index (χ2v) is 5.13. The first kappa shape index (κ1) is 15.4. The minimum Gasteiger partial charge on any atom is -0.373 e. The molecule has 0 saturated heterocycles. The summed E-state index contributed by atoms with van der Waals surface area (Å²) in [5, 5.41) is 7.29. The molecule has 21 heavy (non-hydrogen) atoms. The Labute approximate surface area is 125 Å². The Bertz CT molecular complexity index is 610. The average Bonchev–Trinajstić information content (AvgIpc) is 2.93. The van der Waals surface area contributed by atoms with Crippen LogP contribution in [0.2, 0.25) is 0 Å². The van der Waals surface area contributed by atoms with Crippen molar-refractivity contribution in [2.24, 2.45) is 7.05 Å². The van der Waals surface area contributed by atoms with Crippen LogP contribution in [0.1, 0.15) is 33.0 Å². The van der Waals surface area contributed by atoms with E-state index in [1.807, 2.05) is 40.2 Å². The first-order valence-corrected chi connectivity index (χ1v) is 7.22. The summed E-state index contributed by atoms with van der Waals surface area (Å²) in [6.07, 6.45) is 4.55. The molecule has 1 atom stereocenters. The molecule has 0 saturated carbocycles. The molecule has 114 valence electrons. The van der Waals surface area contributed by atoms with Crippen molar-refractivity contribution in [3.05, 3.63) is 24.3 Å². The summed E-state index contributed by atoms with van der Waals surface area (Å²) in [6, 6.07) is 1.92. The Hall–Kier alpha value is -1.95. The Balaban J connectivity index is 2.52. The number of ether oxygens (including phenoxy) is 1. The zero-order valence-electron chi connectivity index (χ0n) is 13.3. The first-order valence-electron chi connectivity index (χ1n) is 7.22. The maximum atomic E-state index is 5.89. The lowest BCUT2D eigenvalue weighted by molar-refractivity contribution is -0.0388. The summed E-state index contributed by atoms with van der Waals surface area (Å²) >= 11 is 0. The number of aromatic nitrogens is 4.